The first-order valence-corrected chi connectivity index (χ1v) is 10.1. The number of carbonyl (C=O) groups is 1. The van der Waals surface area contributed by atoms with E-state index in [1.807, 2.05) is 24.3 Å². The number of allylic oxidation sites excluding steroid dienone is 2. The van der Waals surface area contributed by atoms with Crippen LogP contribution in [0, 0.1) is 5.41 Å². The summed E-state index contributed by atoms with van der Waals surface area (Å²) in [5.41, 5.74) is 2.51. The first kappa shape index (κ1) is 18.0. The van der Waals surface area contributed by atoms with Gasteiger partial charge in [-0.1, -0.05) is 13.8 Å². The summed E-state index contributed by atoms with van der Waals surface area (Å²) in [4.78, 5) is 26.7. The summed E-state index contributed by atoms with van der Waals surface area (Å²) in [5, 5.41) is 4.57. The van der Waals surface area contributed by atoms with Crippen LogP contribution in [-0.2, 0) is 4.79 Å². The van der Waals surface area contributed by atoms with Gasteiger partial charge < -0.3 is 9.15 Å². The molecule has 6 rings (SSSR count). The minimum atomic E-state index is -0.445. The molecule has 0 spiro atoms. The fourth-order valence-corrected chi connectivity index (χ4v) is 4.50. The fraction of sp³-hybridized carbons (Fsp3) is 0.261. The van der Waals surface area contributed by atoms with Crippen LogP contribution in [0.1, 0.15) is 43.9 Å². The van der Waals surface area contributed by atoms with Crippen LogP contribution in [0.5, 0.6) is 5.88 Å². The number of hydrogen-bond donors (Lipinski definition) is 0. The van der Waals surface area contributed by atoms with Crippen molar-refractivity contribution in [1.82, 2.24) is 24.6 Å². The van der Waals surface area contributed by atoms with Crippen LogP contribution in [-0.4, -0.2) is 30.3 Å². The van der Waals surface area contributed by atoms with Gasteiger partial charge in [0.1, 0.15) is 17.8 Å². The fourth-order valence-electron chi connectivity index (χ4n) is 4.50. The Balaban J connectivity index is 1.60. The van der Waals surface area contributed by atoms with Crippen LogP contribution in [0.3, 0.4) is 0 Å². The summed E-state index contributed by atoms with van der Waals surface area (Å²) in [6.07, 6.45) is 7.72. The molecule has 5 heterocycles. The molecule has 0 saturated carbocycles. The van der Waals surface area contributed by atoms with Gasteiger partial charge in [0.15, 0.2) is 17.3 Å². The van der Waals surface area contributed by atoms with E-state index in [1.165, 1.54) is 0 Å². The second-order valence-electron chi connectivity index (χ2n) is 8.74. The molecule has 0 unspecified atom stereocenters. The van der Waals surface area contributed by atoms with Crippen molar-refractivity contribution in [2.45, 2.75) is 32.6 Å². The molecular weight excluding hydrogens is 394 g/mol. The van der Waals surface area contributed by atoms with Gasteiger partial charge in [0, 0.05) is 36.4 Å². The summed E-state index contributed by atoms with van der Waals surface area (Å²) >= 11 is 0. The molecule has 1 aliphatic carbocycles. The number of furan rings is 1. The predicted octanol–water partition coefficient (Wildman–Crippen LogP) is 3.95. The average Bonchev–Trinajstić information content (AvgIpc) is 3.42. The van der Waals surface area contributed by atoms with E-state index in [9.17, 15) is 4.79 Å². The largest absolute Gasteiger partial charge is 0.468 e. The minimum absolute atomic E-state index is 0.0623. The maximum Gasteiger partial charge on any atom is 0.228 e. The third-order valence-corrected chi connectivity index (χ3v) is 5.81. The van der Waals surface area contributed by atoms with Crippen molar-refractivity contribution in [3.63, 3.8) is 0 Å². The number of rotatable bonds is 2. The highest BCUT2D eigenvalue weighted by atomic mass is 16.5. The number of hydrogen-bond acceptors (Lipinski definition) is 7. The van der Waals surface area contributed by atoms with Crippen molar-refractivity contribution in [2.24, 2.45) is 5.41 Å². The number of aromatic nitrogens is 5. The molecule has 0 aromatic carbocycles. The highest BCUT2D eigenvalue weighted by molar-refractivity contribution is 6.00. The summed E-state index contributed by atoms with van der Waals surface area (Å²) < 4.78 is 13.6. The molecule has 0 radical (unpaired) electrons. The Morgan fingerprint density at radius 2 is 2.10 bits per heavy atom. The molecule has 31 heavy (non-hydrogen) atoms. The normalized spacial score (nSPS) is 19.8. The molecule has 0 amide bonds. The maximum absolute atomic E-state index is 13.3. The molecule has 4 aromatic heterocycles. The summed E-state index contributed by atoms with van der Waals surface area (Å²) in [6, 6.07) is 7.43. The standard InChI is InChI=1S/C23H19N5O3/c1-23(2)9-14(29)17-16(10-23)31-22-19(18(17)15-6-4-8-30-15)21-26-20(27-28(21)12-25-22)13-5-3-7-24-11-13/h3-8,11-12,18H,9-10H2,1-2H3/t18-/m1/s1. The van der Waals surface area contributed by atoms with Crippen LogP contribution in [0.2, 0.25) is 0 Å². The number of nitrogens with zero attached hydrogens (tertiary/aromatic N) is 5. The average molecular weight is 413 g/mol. The zero-order valence-corrected chi connectivity index (χ0v) is 17.1. The second-order valence-corrected chi connectivity index (χ2v) is 8.74. The van der Waals surface area contributed by atoms with Crippen molar-refractivity contribution in [3.05, 3.63) is 71.9 Å². The van der Waals surface area contributed by atoms with Crippen molar-refractivity contribution in [1.29, 1.82) is 0 Å². The quantitative estimate of drug-likeness (QED) is 0.491. The lowest BCUT2D eigenvalue weighted by Crippen LogP contribution is -2.33. The van der Waals surface area contributed by atoms with Crippen LogP contribution in [0.15, 0.2) is 65.0 Å². The zero-order valence-electron chi connectivity index (χ0n) is 17.1. The van der Waals surface area contributed by atoms with E-state index in [4.69, 9.17) is 14.1 Å². The Hall–Kier alpha value is -3.81. The van der Waals surface area contributed by atoms with Gasteiger partial charge in [-0.25, -0.2) is 14.5 Å². The lowest BCUT2D eigenvalue weighted by Gasteiger charge is -2.36. The Labute approximate surface area is 177 Å². The van der Waals surface area contributed by atoms with Gasteiger partial charge in [0.25, 0.3) is 0 Å². The molecule has 1 aliphatic heterocycles. The molecule has 4 aromatic rings. The van der Waals surface area contributed by atoms with Gasteiger partial charge in [-0.3, -0.25) is 9.78 Å². The van der Waals surface area contributed by atoms with E-state index in [0.29, 0.717) is 52.8 Å². The molecule has 0 fully saturated rings. The highest BCUT2D eigenvalue weighted by Crippen LogP contribution is 2.50. The van der Waals surface area contributed by atoms with Crippen LogP contribution < -0.4 is 4.74 Å². The second kappa shape index (κ2) is 6.34. The van der Waals surface area contributed by atoms with Crippen molar-refractivity contribution >= 4 is 11.4 Å². The molecule has 0 N–H and O–H groups in total. The maximum atomic E-state index is 13.3. The highest BCUT2D eigenvalue weighted by Gasteiger charge is 2.44. The molecule has 154 valence electrons. The topological polar surface area (TPSA) is 95.4 Å². The first-order chi connectivity index (χ1) is 15.0. The number of fused-ring (bicyclic) bond motifs is 3. The van der Waals surface area contributed by atoms with E-state index in [0.717, 1.165) is 5.56 Å². The molecule has 0 bridgehead atoms. The Bertz CT molecular complexity index is 1350. The van der Waals surface area contributed by atoms with E-state index >= 15 is 0 Å². The lowest BCUT2D eigenvalue weighted by atomic mass is 9.71. The monoisotopic (exact) mass is 413 g/mol. The van der Waals surface area contributed by atoms with Crippen LogP contribution >= 0.6 is 0 Å². The Kier molecular flexibility index (Phi) is 3.68. The first-order valence-electron chi connectivity index (χ1n) is 10.1. The van der Waals surface area contributed by atoms with Gasteiger partial charge in [0.05, 0.1) is 17.7 Å². The van der Waals surface area contributed by atoms with E-state index in [2.05, 4.69) is 28.9 Å². The van der Waals surface area contributed by atoms with Gasteiger partial charge >= 0.3 is 0 Å². The Morgan fingerprint density at radius 1 is 1.19 bits per heavy atom. The molecule has 8 nitrogen and oxygen atoms in total. The smallest absolute Gasteiger partial charge is 0.228 e. The van der Waals surface area contributed by atoms with E-state index in [-0.39, 0.29) is 11.2 Å². The number of carbonyl (C=O) groups excluding carboxylic acids is 1. The van der Waals surface area contributed by atoms with Crippen molar-refractivity contribution < 1.29 is 13.9 Å². The molecule has 2 aliphatic rings. The molecule has 8 heteroatoms. The van der Waals surface area contributed by atoms with Crippen LogP contribution in [0.25, 0.3) is 17.0 Å². The van der Waals surface area contributed by atoms with Crippen molar-refractivity contribution in [2.75, 3.05) is 0 Å². The zero-order chi connectivity index (χ0) is 21.2. The third kappa shape index (κ3) is 2.78. The SMILES string of the molecule is CC1(C)CC(=O)C2=C(C1)Oc1ncn3nc(-c4cccnc4)nc3c1[C@@H]2c1ccco1. The number of ether oxygens (including phenoxy) is 1. The van der Waals surface area contributed by atoms with Gasteiger partial charge in [-0.05, 0) is 29.7 Å². The van der Waals surface area contributed by atoms with Gasteiger partial charge in [0.2, 0.25) is 5.88 Å². The van der Waals surface area contributed by atoms with Crippen LogP contribution in [0.4, 0.5) is 0 Å². The third-order valence-electron chi connectivity index (χ3n) is 5.81. The molecule has 1 atom stereocenters. The summed E-state index contributed by atoms with van der Waals surface area (Å²) in [6.45, 7) is 4.15. The minimum Gasteiger partial charge on any atom is -0.468 e. The summed E-state index contributed by atoms with van der Waals surface area (Å²) in [5.74, 6) is 1.90. The molecule has 0 saturated heterocycles. The van der Waals surface area contributed by atoms with Crippen molar-refractivity contribution in [3.8, 4) is 17.3 Å². The number of ketones is 1. The number of pyridine rings is 1. The van der Waals surface area contributed by atoms with Gasteiger partial charge in [-0.2, -0.15) is 0 Å². The van der Waals surface area contributed by atoms with E-state index < -0.39 is 5.92 Å². The van der Waals surface area contributed by atoms with E-state index in [1.54, 1.807) is 29.5 Å². The molecular formula is C23H19N5O3. The van der Waals surface area contributed by atoms with Gasteiger partial charge in [-0.15, -0.1) is 5.10 Å². The summed E-state index contributed by atoms with van der Waals surface area (Å²) in [7, 11) is 0. The number of Topliss-reactive ketones (excluding diaryl/α,β-unsaturated/α-hetero) is 1. The Morgan fingerprint density at radius 3 is 2.87 bits per heavy atom. The lowest BCUT2D eigenvalue weighted by molar-refractivity contribution is -0.118. The predicted molar refractivity (Wildman–Crippen MR) is 110 cm³/mol.